The van der Waals surface area contributed by atoms with Gasteiger partial charge in [-0.1, -0.05) is 44.5 Å². The standard InChI is InChI=1S/C18H31NO2/c1-3-5-13-20-14-15-21-16-18-9-7-6-8-17(18)10-12-19-11-4-2/h6-9,19H,3-5,10-16H2,1-2H3. The predicted octanol–water partition coefficient (Wildman–Crippen LogP) is 3.56. The first kappa shape index (κ1) is 18.1. The van der Waals surface area contributed by atoms with E-state index in [1.807, 2.05) is 0 Å². The Morgan fingerprint density at radius 3 is 2.38 bits per heavy atom. The molecule has 0 spiro atoms. The zero-order chi connectivity index (χ0) is 15.2. The fraction of sp³-hybridized carbons (Fsp3) is 0.667. The van der Waals surface area contributed by atoms with Crippen LogP contribution in [0.1, 0.15) is 44.2 Å². The van der Waals surface area contributed by atoms with E-state index < -0.39 is 0 Å². The molecular formula is C18H31NO2. The Labute approximate surface area is 130 Å². The molecule has 0 saturated heterocycles. The van der Waals surface area contributed by atoms with Gasteiger partial charge in [0.1, 0.15) is 0 Å². The fourth-order valence-corrected chi connectivity index (χ4v) is 2.12. The third-order valence-electron chi connectivity index (χ3n) is 3.39. The van der Waals surface area contributed by atoms with Gasteiger partial charge in [0, 0.05) is 6.61 Å². The number of hydrogen-bond donors (Lipinski definition) is 1. The van der Waals surface area contributed by atoms with Gasteiger partial charge in [-0.25, -0.2) is 0 Å². The normalized spacial score (nSPS) is 11.0. The van der Waals surface area contributed by atoms with Crippen molar-refractivity contribution >= 4 is 0 Å². The van der Waals surface area contributed by atoms with Gasteiger partial charge < -0.3 is 14.8 Å². The Morgan fingerprint density at radius 2 is 1.62 bits per heavy atom. The molecule has 3 nitrogen and oxygen atoms in total. The summed E-state index contributed by atoms with van der Waals surface area (Å²) in [6, 6.07) is 8.54. The highest BCUT2D eigenvalue weighted by Gasteiger charge is 2.01. The molecule has 1 N–H and O–H groups in total. The van der Waals surface area contributed by atoms with Crippen molar-refractivity contribution in [3.8, 4) is 0 Å². The van der Waals surface area contributed by atoms with Crippen LogP contribution in [0.2, 0.25) is 0 Å². The monoisotopic (exact) mass is 293 g/mol. The topological polar surface area (TPSA) is 30.5 Å². The lowest BCUT2D eigenvalue weighted by Crippen LogP contribution is -2.18. The van der Waals surface area contributed by atoms with Crippen LogP contribution in [0.3, 0.4) is 0 Å². The molecular weight excluding hydrogens is 262 g/mol. The van der Waals surface area contributed by atoms with Gasteiger partial charge in [0.15, 0.2) is 0 Å². The van der Waals surface area contributed by atoms with E-state index in [0.717, 1.165) is 32.5 Å². The van der Waals surface area contributed by atoms with Crippen LogP contribution >= 0.6 is 0 Å². The molecule has 0 heterocycles. The first-order chi connectivity index (χ1) is 10.4. The molecule has 0 fully saturated rings. The zero-order valence-corrected chi connectivity index (χ0v) is 13.7. The first-order valence-corrected chi connectivity index (χ1v) is 8.31. The van der Waals surface area contributed by atoms with Crippen LogP contribution < -0.4 is 5.32 Å². The quantitative estimate of drug-likeness (QED) is 0.564. The van der Waals surface area contributed by atoms with Crippen LogP contribution in [-0.4, -0.2) is 32.9 Å². The summed E-state index contributed by atoms with van der Waals surface area (Å²) in [5, 5.41) is 3.45. The Morgan fingerprint density at radius 1 is 0.857 bits per heavy atom. The molecule has 0 aliphatic carbocycles. The number of hydrogen-bond acceptors (Lipinski definition) is 3. The Hall–Kier alpha value is -0.900. The second kappa shape index (κ2) is 12.8. The van der Waals surface area contributed by atoms with E-state index in [4.69, 9.17) is 9.47 Å². The summed E-state index contributed by atoms with van der Waals surface area (Å²) in [5.41, 5.74) is 2.68. The SMILES string of the molecule is CCCCOCCOCc1ccccc1CCNCCC. The summed E-state index contributed by atoms with van der Waals surface area (Å²) in [6.07, 6.45) is 4.56. The molecule has 21 heavy (non-hydrogen) atoms. The minimum Gasteiger partial charge on any atom is -0.379 e. The van der Waals surface area contributed by atoms with Gasteiger partial charge >= 0.3 is 0 Å². The van der Waals surface area contributed by atoms with E-state index in [9.17, 15) is 0 Å². The highest BCUT2D eigenvalue weighted by Crippen LogP contribution is 2.10. The summed E-state index contributed by atoms with van der Waals surface area (Å²) >= 11 is 0. The predicted molar refractivity (Wildman–Crippen MR) is 88.7 cm³/mol. The van der Waals surface area contributed by atoms with Crippen molar-refractivity contribution in [1.82, 2.24) is 5.32 Å². The van der Waals surface area contributed by atoms with Crippen LogP contribution in [0.4, 0.5) is 0 Å². The lowest BCUT2D eigenvalue weighted by atomic mass is 10.1. The molecule has 0 aliphatic rings. The summed E-state index contributed by atoms with van der Waals surface area (Å²) < 4.78 is 11.2. The van der Waals surface area contributed by atoms with Crippen LogP contribution in [-0.2, 0) is 22.5 Å². The summed E-state index contributed by atoms with van der Waals surface area (Å²) in [7, 11) is 0. The molecule has 0 bridgehead atoms. The third kappa shape index (κ3) is 8.86. The van der Waals surface area contributed by atoms with E-state index in [-0.39, 0.29) is 0 Å². The van der Waals surface area contributed by atoms with E-state index in [2.05, 4.69) is 43.4 Å². The van der Waals surface area contributed by atoms with E-state index in [1.165, 1.54) is 24.0 Å². The summed E-state index contributed by atoms with van der Waals surface area (Å²) in [4.78, 5) is 0. The van der Waals surface area contributed by atoms with E-state index in [0.29, 0.717) is 19.8 Å². The summed E-state index contributed by atoms with van der Waals surface area (Å²) in [6.45, 7) is 9.38. The second-order valence-electron chi connectivity index (χ2n) is 5.29. The van der Waals surface area contributed by atoms with Crippen molar-refractivity contribution in [1.29, 1.82) is 0 Å². The first-order valence-electron chi connectivity index (χ1n) is 8.31. The highest BCUT2D eigenvalue weighted by molar-refractivity contribution is 5.26. The fourth-order valence-electron chi connectivity index (χ4n) is 2.12. The molecule has 0 saturated carbocycles. The van der Waals surface area contributed by atoms with E-state index >= 15 is 0 Å². The highest BCUT2D eigenvalue weighted by atomic mass is 16.5. The molecule has 0 unspecified atom stereocenters. The Balaban J connectivity index is 2.21. The second-order valence-corrected chi connectivity index (χ2v) is 5.29. The molecule has 0 aliphatic heterocycles. The van der Waals surface area contributed by atoms with Crippen molar-refractivity contribution in [3.05, 3.63) is 35.4 Å². The number of nitrogens with one attached hydrogen (secondary N) is 1. The van der Waals surface area contributed by atoms with Crippen LogP contribution in [0, 0.1) is 0 Å². The van der Waals surface area contributed by atoms with Gasteiger partial charge in [-0.15, -0.1) is 0 Å². The minimum absolute atomic E-state index is 0.673. The van der Waals surface area contributed by atoms with Crippen molar-refractivity contribution in [3.63, 3.8) is 0 Å². The molecule has 1 aromatic rings. The number of benzene rings is 1. The van der Waals surface area contributed by atoms with Gasteiger partial charge in [-0.05, 0) is 43.5 Å². The zero-order valence-electron chi connectivity index (χ0n) is 13.7. The Bertz CT molecular complexity index is 355. The van der Waals surface area contributed by atoms with Crippen molar-refractivity contribution in [2.75, 3.05) is 32.9 Å². The third-order valence-corrected chi connectivity index (χ3v) is 3.39. The average molecular weight is 293 g/mol. The maximum absolute atomic E-state index is 5.72. The van der Waals surface area contributed by atoms with Gasteiger partial charge in [0.2, 0.25) is 0 Å². The van der Waals surface area contributed by atoms with Crippen molar-refractivity contribution in [2.24, 2.45) is 0 Å². The largest absolute Gasteiger partial charge is 0.379 e. The van der Waals surface area contributed by atoms with Crippen LogP contribution in [0.15, 0.2) is 24.3 Å². The molecule has 0 atom stereocenters. The molecule has 1 rings (SSSR count). The minimum atomic E-state index is 0.673. The maximum atomic E-state index is 5.72. The van der Waals surface area contributed by atoms with Crippen LogP contribution in [0.25, 0.3) is 0 Å². The van der Waals surface area contributed by atoms with Gasteiger partial charge in [0.05, 0.1) is 19.8 Å². The van der Waals surface area contributed by atoms with Gasteiger partial charge in [0.25, 0.3) is 0 Å². The van der Waals surface area contributed by atoms with Crippen molar-refractivity contribution in [2.45, 2.75) is 46.1 Å². The number of rotatable bonds is 13. The number of unbranched alkanes of at least 4 members (excludes halogenated alkanes) is 1. The number of ether oxygens (including phenoxy) is 2. The molecule has 120 valence electrons. The molecule has 1 aromatic carbocycles. The lowest BCUT2D eigenvalue weighted by molar-refractivity contribution is 0.0394. The van der Waals surface area contributed by atoms with Crippen LogP contribution in [0.5, 0.6) is 0 Å². The molecule has 0 amide bonds. The molecule has 3 heteroatoms. The molecule has 0 aromatic heterocycles. The van der Waals surface area contributed by atoms with Gasteiger partial charge in [-0.2, -0.15) is 0 Å². The van der Waals surface area contributed by atoms with Gasteiger partial charge in [-0.3, -0.25) is 0 Å². The smallest absolute Gasteiger partial charge is 0.0720 e. The van der Waals surface area contributed by atoms with E-state index in [1.54, 1.807) is 0 Å². The average Bonchev–Trinajstić information content (AvgIpc) is 2.52. The lowest BCUT2D eigenvalue weighted by Gasteiger charge is -2.11. The summed E-state index contributed by atoms with van der Waals surface area (Å²) in [5.74, 6) is 0. The van der Waals surface area contributed by atoms with Crippen molar-refractivity contribution < 1.29 is 9.47 Å². The Kier molecular flexibility index (Phi) is 11.1. The molecule has 0 radical (unpaired) electrons. The maximum Gasteiger partial charge on any atom is 0.0720 e.